The summed E-state index contributed by atoms with van der Waals surface area (Å²) in [6, 6.07) is 3.53. The minimum atomic E-state index is -0.679. The second kappa shape index (κ2) is 7.58. The van der Waals surface area contributed by atoms with E-state index < -0.39 is 18.2 Å². The molecule has 114 valence electrons. The first-order valence-corrected chi connectivity index (χ1v) is 6.01. The third kappa shape index (κ3) is 4.90. The summed E-state index contributed by atoms with van der Waals surface area (Å²) in [6.07, 6.45) is -0.679. The van der Waals surface area contributed by atoms with Crippen molar-refractivity contribution in [1.82, 2.24) is 16.0 Å². The summed E-state index contributed by atoms with van der Waals surface area (Å²) in [5.41, 5.74) is 0.650. The van der Waals surface area contributed by atoms with Crippen LogP contribution in [0, 0.1) is 0 Å². The monoisotopic (exact) mass is 295 g/mol. The zero-order valence-corrected chi connectivity index (χ0v) is 11.9. The summed E-state index contributed by atoms with van der Waals surface area (Å²) >= 11 is 0. The van der Waals surface area contributed by atoms with E-state index in [1.54, 1.807) is 0 Å². The second-order valence-corrected chi connectivity index (χ2v) is 3.76. The topological polar surface area (TPSA) is 121 Å². The van der Waals surface area contributed by atoms with Crippen molar-refractivity contribution in [1.29, 1.82) is 0 Å². The number of carbonyl (C=O) groups excluding carboxylic acids is 3. The minimum absolute atomic E-state index is 0.139. The highest BCUT2D eigenvalue weighted by molar-refractivity contribution is 5.94. The lowest BCUT2D eigenvalue weighted by molar-refractivity contribution is 0.203. The van der Waals surface area contributed by atoms with Crippen molar-refractivity contribution < 1.29 is 19.1 Å². The number of urea groups is 2. The molecule has 9 nitrogen and oxygen atoms in total. The van der Waals surface area contributed by atoms with Gasteiger partial charge in [-0.1, -0.05) is 0 Å². The molecular weight excluding hydrogens is 278 g/mol. The second-order valence-electron chi connectivity index (χ2n) is 3.76. The lowest BCUT2D eigenvalue weighted by Crippen LogP contribution is -2.27. The number of ether oxygens (including phenoxy) is 1. The number of rotatable bonds is 3. The molecule has 0 unspecified atom stereocenters. The standard InChI is InChI=1S/C12H17N5O4/c1-13-10(18)16-7-4-5-9(21-12(20)15-3)8(6-7)17-11(19)14-2/h4-6H,1-3H3,(H,15,20)(H2,13,16,18)(H2,14,17,19). The average molecular weight is 295 g/mol. The lowest BCUT2D eigenvalue weighted by atomic mass is 10.2. The maximum atomic E-state index is 11.4. The van der Waals surface area contributed by atoms with Gasteiger partial charge in [0, 0.05) is 26.8 Å². The molecule has 0 aliphatic heterocycles. The van der Waals surface area contributed by atoms with Gasteiger partial charge in [0.15, 0.2) is 5.75 Å². The zero-order chi connectivity index (χ0) is 15.8. The van der Waals surface area contributed by atoms with Crippen LogP contribution in [0.3, 0.4) is 0 Å². The molecule has 1 aromatic rings. The van der Waals surface area contributed by atoms with Gasteiger partial charge in [-0.2, -0.15) is 0 Å². The summed E-state index contributed by atoms with van der Waals surface area (Å²) in [4.78, 5) is 33.9. The summed E-state index contributed by atoms with van der Waals surface area (Å²) < 4.78 is 5.01. The fourth-order valence-corrected chi connectivity index (χ4v) is 1.32. The minimum Gasteiger partial charge on any atom is -0.408 e. The van der Waals surface area contributed by atoms with Crippen LogP contribution in [0.15, 0.2) is 18.2 Å². The van der Waals surface area contributed by atoms with Crippen LogP contribution in [0.25, 0.3) is 0 Å². The molecule has 9 heteroatoms. The molecule has 0 aromatic heterocycles. The van der Waals surface area contributed by atoms with E-state index in [9.17, 15) is 14.4 Å². The molecule has 0 aliphatic carbocycles. The van der Waals surface area contributed by atoms with Gasteiger partial charge in [0.05, 0.1) is 5.69 Å². The van der Waals surface area contributed by atoms with E-state index in [4.69, 9.17) is 4.74 Å². The van der Waals surface area contributed by atoms with Gasteiger partial charge in [0.25, 0.3) is 0 Å². The molecule has 0 radical (unpaired) electrons. The molecule has 0 saturated heterocycles. The number of hydrogen-bond donors (Lipinski definition) is 5. The van der Waals surface area contributed by atoms with Crippen LogP contribution in [-0.2, 0) is 0 Å². The summed E-state index contributed by atoms with van der Waals surface area (Å²) in [5.74, 6) is 0.139. The van der Waals surface area contributed by atoms with Crippen LogP contribution in [0.2, 0.25) is 0 Å². The molecule has 0 bridgehead atoms. The highest BCUT2D eigenvalue weighted by atomic mass is 16.6. The number of benzene rings is 1. The van der Waals surface area contributed by atoms with Gasteiger partial charge in [0.1, 0.15) is 0 Å². The molecule has 0 fully saturated rings. The Kier molecular flexibility index (Phi) is 5.80. The SMILES string of the molecule is CNC(=O)Nc1ccc(OC(=O)NC)c(NC(=O)NC)c1. The zero-order valence-electron chi connectivity index (χ0n) is 11.9. The Morgan fingerprint density at radius 3 is 2.10 bits per heavy atom. The number of carbonyl (C=O) groups is 3. The molecule has 0 heterocycles. The van der Waals surface area contributed by atoms with Gasteiger partial charge in [-0.3, -0.25) is 0 Å². The van der Waals surface area contributed by atoms with Gasteiger partial charge >= 0.3 is 18.2 Å². The highest BCUT2D eigenvalue weighted by Gasteiger charge is 2.12. The maximum absolute atomic E-state index is 11.4. The molecule has 1 aromatic carbocycles. The lowest BCUT2D eigenvalue weighted by Gasteiger charge is -2.13. The fraction of sp³-hybridized carbons (Fsp3) is 0.250. The van der Waals surface area contributed by atoms with Crippen LogP contribution < -0.4 is 31.3 Å². The number of hydrogen-bond acceptors (Lipinski definition) is 4. The van der Waals surface area contributed by atoms with Crippen LogP contribution in [0.5, 0.6) is 5.75 Å². The van der Waals surface area contributed by atoms with Crippen molar-refractivity contribution in [2.24, 2.45) is 0 Å². The van der Waals surface area contributed by atoms with Gasteiger partial charge in [0.2, 0.25) is 0 Å². The first-order chi connectivity index (χ1) is 9.99. The molecule has 1 rings (SSSR count). The molecule has 0 spiro atoms. The highest BCUT2D eigenvalue weighted by Crippen LogP contribution is 2.28. The quantitative estimate of drug-likeness (QED) is 0.569. The van der Waals surface area contributed by atoms with Crippen molar-refractivity contribution in [2.75, 3.05) is 31.8 Å². The van der Waals surface area contributed by atoms with Gasteiger partial charge in [-0.05, 0) is 18.2 Å². The van der Waals surface area contributed by atoms with Crippen molar-refractivity contribution in [3.63, 3.8) is 0 Å². The summed E-state index contributed by atoms with van der Waals surface area (Å²) in [6.45, 7) is 0. The van der Waals surface area contributed by atoms with E-state index >= 15 is 0 Å². The molecule has 5 amide bonds. The fourth-order valence-electron chi connectivity index (χ4n) is 1.32. The molecular formula is C12H17N5O4. The Hall–Kier alpha value is -2.97. The average Bonchev–Trinajstić information content (AvgIpc) is 2.49. The van der Waals surface area contributed by atoms with Crippen LogP contribution in [0.4, 0.5) is 25.8 Å². The normalized spacial score (nSPS) is 9.29. The van der Waals surface area contributed by atoms with E-state index in [0.717, 1.165) is 0 Å². The van der Waals surface area contributed by atoms with E-state index in [0.29, 0.717) is 5.69 Å². The van der Waals surface area contributed by atoms with Gasteiger partial charge < -0.3 is 31.3 Å². The van der Waals surface area contributed by atoms with E-state index in [-0.39, 0.29) is 11.4 Å². The predicted octanol–water partition coefficient (Wildman–Crippen LogP) is 0.907. The molecule has 5 N–H and O–H groups in total. The number of nitrogens with one attached hydrogen (secondary N) is 5. The largest absolute Gasteiger partial charge is 0.412 e. The molecule has 0 atom stereocenters. The summed E-state index contributed by atoms with van der Waals surface area (Å²) in [5, 5.41) is 12.1. The van der Waals surface area contributed by atoms with Gasteiger partial charge in [-0.25, -0.2) is 14.4 Å². The maximum Gasteiger partial charge on any atom is 0.412 e. The van der Waals surface area contributed by atoms with E-state index in [1.807, 2.05) is 0 Å². The summed E-state index contributed by atoms with van der Waals surface area (Å²) in [7, 11) is 4.33. The van der Waals surface area contributed by atoms with E-state index in [2.05, 4.69) is 26.6 Å². The number of amides is 5. The third-order valence-electron chi connectivity index (χ3n) is 2.35. The van der Waals surface area contributed by atoms with Crippen molar-refractivity contribution in [2.45, 2.75) is 0 Å². The smallest absolute Gasteiger partial charge is 0.408 e. The Labute approximate surface area is 121 Å². The van der Waals surface area contributed by atoms with Gasteiger partial charge in [-0.15, -0.1) is 0 Å². The molecule has 0 aliphatic rings. The first-order valence-electron chi connectivity index (χ1n) is 6.01. The van der Waals surface area contributed by atoms with Crippen LogP contribution in [-0.4, -0.2) is 39.3 Å². The van der Waals surface area contributed by atoms with Crippen molar-refractivity contribution >= 4 is 29.5 Å². The Bertz CT molecular complexity index is 546. The predicted molar refractivity (Wildman–Crippen MR) is 77.7 cm³/mol. The number of anilines is 2. The molecule has 0 saturated carbocycles. The van der Waals surface area contributed by atoms with Crippen LogP contribution in [0.1, 0.15) is 0 Å². The third-order valence-corrected chi connectivity index (χ3v) is 2.35. The van der Waals surface area contributed by atoms with Crippen LogP contribution >= 0.6 is 0 Å². The Morgan fingerprint density at radius 1 is 0.905 bits per heavy atom. The van der Waals surface area contributed by atoms with Crippen molar-refractivity contribution in [3.05, 3.63) is 18.2 Å². The first kappa shape index (κ1) is 16.1. The molecule has 21 heavy (non-hydrogen) atoms. The Morgan fingerprint density at radius 2 is 1.52 bits per heavy atom. The Balaban J connectivity index is 3.03. The van der Waals surface area contributed by atoms with Crippen molar-refractivity contribution in [3.8, 4) is 5.75 Å². The van der Waals surface area contributed by atoms with E-state index in [1.165, 1.54) is 39.3 Å².